The van der Waals surface area contributed by atoms with E-state index in [-0.39, 0.29) is 5.91 Å². The van der Waals surface area contributed by atoms with Crippen molar-refractivity contribution in [3.05, 3.63) is 0 Å². The lowest BCUT2D eigenvalue weighted by Crippen LogP contribution is -2.33. The zero-order valence-electron chi connectivity index (χ0n) is 4.99. The van der Waals surface area contributed by atoms with Gasteiger partial charge in [0.25, 0.3) is 0 Å². The molecule has 0 heterocycles. The fourth-order valence-corrected chi connectivity index (χ4v) is 0.922. The molecule has 48 valence electrons. The third-order valence-electron chi connectivity index (χ3n) is 0.754. The third-order valence-corrected chi connectivity index (χ3v) is 2.03. The molecule has 0 aliphatic heterocycles. The summed E-state index contributed by atoms with van der Waals surface area (Å²) in [5.74, 6) is 0.0693. The van der Waals surface area contributed by atoms with Crippen LogP contribution in [-0.2, 0) is 4.79 Å². The first-order valence-corrected chi connectivity index (χ1v) is 5.34. The Bertz CT molecular complexity index is 93.9. The van der Waals surface area contributed by atoms with Gasteiger partial charge < -0.3 is 5.23 Å². The number of halogens is 2. The molecule has 0 aromatic heterocycles. The average molecular weight is 299 g/mol. The van der Waals surface area contributed by atoms with Gasteiger partial charge in [-0.25, -0.2) is 0 Å². The second kappa shape index (κ2) is 6.99. The van der Waals surface area contributed by atoms with E-state index < -0.39 is 0 Å². The Kier molecular flexibility index (Phi) is 7.67. The highest BCUT2D eigenvalue weighted by atomic mass is 127. The molecule has 2 nitrogen and oxygen atoms in total. The van der Waals surface area contributed by atoms with Gasteiger partial charge >= 0.3 is 0 Å². The molecular weight excluding hydrogens is 293 g/mol. The minimum Gasteiger partial charge on any atom is -0.410 e. The van der Waals surface area contributed by atoms with Crippen LogP contribution in [0.3, 0.4) is 0 Å². The van der Waals surface area contributed by atoms with Gasteiger partial charge in [0.1, 0.15) is 0 Å². The quantitative estimate of drug-likeness (QED) is 0.304. The van der Waals surface area contributed by atoms with Crippen LogP contribution in [0.15, 0.2) is 0 Å². The number of carbonyl (C=O) groups is 1. The van der Waals surface area contributed by atoms with E-state index in [2.05, 4.69) is 43.5 Å². The Morgan fingerprint density at radius 1 is 1.78 bits per heavy atom. The first-order valence-electron chi connectivity index (χ1n) is 2.70. The van der Waals surface area contributed by atoms with Gasteiger partial charge in [0.05, 0.1) is 12.4 Å². The van der Waals surface area contributed by atoms with Crippen molar-refractivity contribution in [1.82, 2.24) is 5.23 Å². The van der Waals surface area contributed by atoms with E-state index in [4.69, 9.17) is 0 Å². The van der Waals surface area contributed by atoms with Gasteiger partial charge in [0.2, 0.25) is 5.91 Å². The molecule has 1 amide bonds. The van der Waals surface area contributed by atoms with Crippen LogP contribution in [-0.4, -0.2) is 30.6 Å². The Balaban J connectivity index is 2.97. The van der Waals surface area contributed by atoms with Gasteiger partial charge in [-0.3, -0.25) is 4.79 Å². The lowest BCUT2D eigenvalue weighted by molar-refractivity contribution is -0.116. The highest BCUT2D eigenvalue weighted by Gasteiger charge is 1.97. The summed E-state index contributed by atoms with van der Waals surface area (Å²) in [4.78, 5) is 10.5. The van der Waals surface area contributed by atoms with Crippen molar-refractivity contribution in [2.45, 2.75) is 0 Å². The molecule has 0 fully saturated rings. The molecule has 0 aromatic rings. The molecule has 0 aromatic carbocycles. The van der Waals surface area contributed by atoms with Gasteiger partial charge in [0, 0.05) is 0 Å². The van der Waals surface area contributed by atoms with Crippen LogP contribution in [0, 0.1) is 0 Å². The molecule has 0 spiro atoms. The van der Waals surface area contributed by atoms with E-state index in [0.717, 1.165) is 19.4 Å². The van der Waals surface area contributed by atoms with E-state index >= 15 is 0 Å². The Morgan fingerprint density at radius 3 is 2.89 bits per heavy atom. The summed E-state index contributed by atoms with van der Waals surface area (Å²) in [6.07, 6.45) is 0. The number of nitrogens with one attached hydrogen (secondary N) is 1. The standard InChI is InChI=1S/C2H6B3BrINO/c6-1-2(9)8-5-3-4-7/h3-5H,1H2,(H,8,9). The van der Waals surface area contributed by atoms with E-state index in [1.54, 1.807) is 0 Å². The second-order valence-corrected chi connectivity index (χ2v) is 3.17. The fraction of sp³-hybridized carbons (Fsp3) is 0.500. The SMILES string of the molecule is O=C(CBr)NBBBI. The number of alkyl halides is 1. The summed E-state index contributed by atoms with van der Waals surface area (Å²) in [5, 5.41) is 4.25. The first kappa shape index (κ1) is 9.87. The van der Waals surface area contributed by atoms with Crippen LogP contribution in [0.1, 0.15) is 0 Å². The van der Waals surface area contributed by atoms with Crippen LogP contribution >= 0.6 is 38.3 Å². The van der Waals surface area contributed by atoms with Crippen LogP contribution in [0.5, 0.6) is 0 Å². The van der Waals surface area contributed by atoms with Crippen molar-refractivity contribution in [3.8, 4) is 0 Å². The molecule has 0 aliphatic carbocycles. The summed E-state index contributed by atoms with van der Waals surface area (Å²) in [5.41, 5.74) is 0. The van der Waals surface area contributed by atoms with Gasteiger partial charge in [-0.1, -0.05) is 15.9 Å². The van der Waals surface area contributed by atoms with Crippen LogP contribution in [0.2, 0.25) is 0 Å². The molecule has 1 N–H and O–H groups in total. The lowest BCUT2D eigenvalue weighted by atomic mass is 9.33. The maximum Gasteiger partial charge on any atom is 0.218 e. The van der Waals surface area contributed by atoms with Crippen molar-refractivity contribution in [2.24, 2.45) is 0 Å². The minimum atomic E-state index is 0.0693. The summed E-state index contributed by atoms with van der Waals surface area (Å²) in [6.45, 7) is 0. The molecule has 0 radical (unpaired) electrons. The largest absolute Gasteiger partial charge is 0.410 e. The molecule has 0 aliphatic rings. The zero-order chi connectivity index (χ0) is 7.11. The molecular formula is C2H6B3BrINO. The van der Waals surface area contributed by atoms with Crippen LogP contribution < -0.4 is 5.23 Å². The van der Waals surface area contributed by atoms with Gasteiger partial charge in [-0.15, -0.1) is 0 Å². The molecule has 9 heavy (non-hydrogen) atoms. The molecule has 7 heteroatoms. The molecule has 0 rings (SSSR count). The fourth-order valence-electron chi connectivity index (χ4n) is 0.342. The summed E-state index contributed by atoms with van der Waals surface area (Å²) >= 11 is 5.34. The van der Waals surface area contributed by atoms with Crippen LogP contribution in [0.4, 0.5) is 0 Å². The van der Waals surface area contributed by atoms with Gasteiger partial charge in [-0.05, 0) is 0 Å². The number of amides is 1. The summed E-state index contributed by atoms with van der Waals surface area (Å²) in [6, 6.07) is 0. The predicted octanol–water partition coefficient (Wildman–Crippen LogP) is -1.10. The van der Waals surface area contributed by atoms with Crippen LogP contribution in [0.25, 0.3) is 0 Å². The van der Waals surface area contributed by atoms with E-state index in [1.165, 1.54) is 0 Å². The van der Waals surface area contributed by atoms with Crippen molar-refractivity contribution >= 4 is 63.6 Å². The van der Waals surface area contributed by atoms with Crippen molar-refractivity contribution < 1.29 is 4.79 Å². The Morgan fingerprint density at radius 2 is 2.44 bits per heavy atom. The Labute approximate surface area is 78.6 Å². The number of carbonyl (C=O) groups excluding carboxylic acids is 1. The van der Waals surface area contributed by atoms with Crippen molar-refractivity contribution in [1.29, 1.82) is 0 Å². The monoisotopic (exact) mass is 299 g/mol. The van der Waals surface area contributed by atoms with E-state index in [9.17, 15) is 4.79 Å². The normalized spacial score (nSPS) is 7.78. The van der Waals surface area contributed by atoms with Crippen molar-refractivity contribution in [3.63, 3.8) is 0 Å². The molecule has 0 bridgehead atoms. The maximum atomic E-state index is 10.5. The minimum absolute atomic E-state index is 0.0693. The highest BCUT2D eigenvalue weighted by molar-refractivity contribution is 14.1. The average Bonchev–Trinajstić information content (AvgIpc) is 1.89. The number of hydrogen-bond donors (Lipinski definition) is 1. The van der Waals surface area contributed by atoms with E-state index in [1.807, 2.05) is 0 Å². The van der Waals surface area contributed by atoms with E-state index in [0.29, 0.717) is 5.33 Å². The smallest absolute Gasteiger partial charge is 0.218 e. The van der Waals surface area contributed by atoms with Crippen molar-refractivity contribution in [2.75, 3.05) is 5.33 Å². The Hall–Kier alpha value is 0.875. The maximum absolute atomic E-state index is 10.5. The second-order valence-electron chi connectivity index (χ2n) is 1.53. The summed E-state index contributed by atoms with van der Waals surface area (Å²) < 4.78 is 0. The summed E-state index contributed by atoms with van der Waals surface area (Å²) in [7, 11) is 1.85. The highest BCUT2D eigenvalue weighted by Crippen LogP contribution is 1.76. The number of hydrogen-bond acceptors (Lipinski definition) is 1. The molecule has 0 atom stereocenters. The lowest BCUT2D eigenvalue weighted by Gasteiger charge is -1.95. The first-order chi connectivity index (χ1) is 4.31. The third kappa shape index (κ3) is 6.76. The molecule has 0 unspecified atom stereocenters. The van der Waals surface area contributed by atoms with Gasteiger partial charge in [-0.2, -0.15) is 22.4 Å². The van der Waals surface area contributed by atoms with Gasteiger partial charge in [0.15, 0.2) is 12.3 Å². The predicted molar refractivity (Wildman–Crippen MR) is 57.4 cm³/mol. The topological polar surface area (TPSA) is 29.1 Å². The number of rotatable bonds is 4. The molecule has 0 saturated heterocycles. The zero-order valence-corrected chi connectivity index (χ0v) is 8.74. The molecule has 0 saturated carbocycles.